The topological polar surface area (TPSA) is 80.3 Å². The molecule has 0 spiro atoms. The number of carbonyl (C=O) groups is 2. The molecule has 0 bridgehead atoms. The third-order valence-corrected chi connectivity index (χ3v) is 6.16. The monoisotopic (exact) mass is 456 g/mol. The minimum Gasteiger partial charge on any atom is -0.497 e. The van der Waals surface area contributed by atoms with Gasteiger partial charge in [-0.3, -0.25) is 9.59 Å². The Balaban J connectivity index is 1.41. The maximum absolute atomic E-state index is 13.1. The van der Waals surface area contributed by atoms with Crippen molar-refractivity contribution in [2.45, 2.75) is 12.3 Å². The quantitative estimate of drug-likeness (QED) is 0.326. The highest BCUT2D eigenvalue weighted by Gasteiger charge is 2.38. The van der Waals surface area contributed by atoms with Crippen LogP contribution in [0.15, 0.2) is 60.4 Å². The summed E-state index contributed by atoms with van der Waals surface area (Å²) in [5.41, 5.74) is 2.79. The number of Topliss-reactive ketones (excluding diaryl/α,β-unsaturated/α-hetero) is 1. The molecule has 3 aromatic rings. The van der Waals surface area contributed by atoms with Gasteiger partial charge in [-0.15, -0.1) is 0 Å². The molecule has 0 saturated heterocycles. The van der Waals surface area contributed by atoms with Gasteiger partial charge >= 0.3 is 5.97 Å². The average molecular weight is 456 g/mol. The van der Waals surface area contributed by atoms with Crippen LogP contribution in [0.1, 0.15) is 39.4 Å². The van der Waals surface area contributed by atoms with E-state index < -0.39 is 0 Å². The number of methoxy groups -OCH3 is 1. The summed E-state index contributed by atoms with van der Waals surface area (Å²) in [6, 6.07) is 16.3. The molecule has 7 heteroatoms. The van der Waals surface area contributed by atoms with Crippen LogP contribution in [0, 0.1) is 0 Å². The number of carbonyl (C=O) groups excluding carboxylic acids is 2. The van der Waals surface area contributed by atoms with E-state index in [1.165, 1.54) is 0 Å². The lowest BCUT2D eigenvalue weighted by Gasteiger charge is -2.27. The minimum atomic E-state index is -0.352. The number of ether oxygens (including phenoxy) is 5. The molecule has 3 aliphatic rings. The van der Waals surface area contributed by atoms with Gasteiger partial charge in [0.05, 0.1) is 19.1 Å². The molecule has 1 atom stereocenters. The summed E-state index contributed by atoms with van der Waals surface area (Å²) >= 11 is 0. The summed E-state index contributed by atoms with van der Waals surface area (Å²) in [5.74, 6) is 2.15. The lowest BCUT2D eigenvalue weighted by molar-refractivity contribution is -0.135. The zero-order chi connectivity index (χ0) is 23.2. The molecule has 0 saturated carbocycles. The van der Waals surface area contributed by atoms with Crippen molar-refractivity contribution in [3.8, 4) is 28.7 Å². The van der Waals surface area contributed by atoms with E-state index in [-0.39, 0.29) is 29.9 Å². The van der Waals surface area contributed by atoms with Gasteiger partial charge in [-0.05, 0) is 53.6 Å². The van der Waals surface area contributed by atoms with E-state index in [1.807, 2.05) is 42.5 Å². The zero-order valence-corrected chi connectivity index (χ0v) is 18.3. The SMILES string of the molecule is COc1ccc(/C=C2\Oc3c(ccc4c3C(c3ccc5c(c3)OCCO5)CC(=O)O4)C2=O)cc1. The molecule has 0 aliphatic carbocycles. The van der Waals surface area contributed by atoms with Crippen LogP contribution in [-0.2, 0) is 4.79 Å². The number of hydrogen-bond acceptors (Lipinski definition) is 7. The van der Waals surface area contributed by atoms with Crippen LogP contribution in [0.4, 0.5) is 0 Å². The number of fused-ring (bicyclic) bond motifs is 4. The van der Waals surface area contributed by atoms with E-state index in [2.05, 4.69) is 0 Å². The standard InChI is InChI=1S/C27H20O7/c1-30-17-5-2-15(3-6-17)12-23-26(29)18-7-9-21-25(27(18)34-23)19(14-24(28)33-21)16-4-8-20-22(13-16)32-11-10-31-20/h2-9,12-13,19H,10-11,14H2,1H3/b23-12-. The predicted molar refractivity (Wildman–Crippen MR) is 122 cm³/mol. The second-order valence-corrected chi connectivity index (χ2v) is 8.20. The van der Waals surface area contributed by atoms with Crippen molar-refractivity contribution in [2.75, 3.05) is 20.3 Å². The summed E-state index contributed by atoms with van der Waals surface area (Å²) in [7, 11) is 1.60. The Kier molecular flexibility index (Phi) is 4.76. The molecule has 7 nitrogen and oxygen atoms in total. The van der Waals surface area contributed by atoms with Crippen LogP contribution in [-0.4, -0.2) is 32.1 Å². The first-order valence-electron chi connectivity index (χ1n) is 11.0. The van der Waals surface area contributed by atoms with Crippen molar-refractivity contribution in [1.82, 2.24) is 0 Å². The van der Waals surface area contributed by atoms with Crippen molar-refractivity contribution in [2.24, 2.45) is 0 Å². The van der Waals surface area contributed by atoms with Gasteiger partial charge in [0, 0.05) is 11.5 Å². The average Bonchev–Trinajstić information content (AvgIpc) is 3.18. The van der Waals surface area contributed by atoms with E-state index in [0.717, 1.165) is 16.9 Å². The molecular formula is C27H20O7. The second kappa shape index (κ2) is 7.95. The van der Waals surface area contributed by atoms with Crippen LogP contribution >= 0.6 is 0 Å². The Labute approximate surface area is 195 Å². The van der Waals surface area contributed by atoms with Crippen molar-refractivity contribution < 1.29 is 33.3 Å². The van der Waals surface area contributed by atoms with Crippen LogP contribution in [0.3, 0.4) is 0 Å². The zero-order valence-electron chi connectivity index (χ0n) is 18.3. The fourth-order valence-electron chi connectivity index (χ4n) is 4.52. The Hall–Kier alpha value is -4.26. The number of ketones is 1. The summed E-state index contributed by atoms with van der Waals surface area (Å²) in [6.45, 7) is 0.962. The highest BCUT2D eigenvalue weighted by molar-refractivity contribution is 6.15. The van der Waals surface area contributed by atoms with Crippen LogP contribution < -0.4 is 23.7 Å². The van der Waals surface area contributed by atoms with E-state index in [0.29, 0.717) is 47.3 Å². The number of esters is 1. The summed E-state index contributed by atoms with van der Waals surface area (Å²) in [5, 5.41) is 0. The number of rotatable bonds is 3. The largest absolute Gasteiger partial charge is 0.497 e. The smallest absolute Gasteiger partial charge is 0.312 e. The summed E-state index contributed by atoms with van der Waals surface area (Å²) in [6.07, 6.45) is 1.82. The fourth-order valence-corrected chi connectivity index (χ4v) is 4.52. The lowest BCUT2D eigenvalue weighted by Crippen LogP contribution is -2.22. The van der Waals surface area contributed by atoms with E-state index in [4.69, 9.17) is 23.7 Å². The number of benzene rings is 3. The van der Waals surface area contributed by atoms with Crippen LogP contribution in [0.2, 0.25) is 0 Å². The maximum atomic E-state index is 13.1. The lowest BCUT2D eigenvalue weighted by atomic mass is 9.84. The highest BCUT2D eigenvalue weighted by Crippen LogP contribution is 2.50. The third-order valence-electron chi connectivity index (χ3n) is 6.16. The van der Waals surface area contributed by atoms with Gasteiger partial charge < -0.3 is 23.7 Å². The van der Waals surface area contributed by atoms with Crippen LogP contribution in [0.5, 0.6) is 28.7 Å². The minimum absolute atomic E-state index is 0.123. The maximum Gasteiger partial charge on any atom is 0.312 e. The predicted octanol–water partition coefficient (Wildman–Crippen LogP) is 4.52. The normalized spacial score (nSPS) is 19.2. The fraction of sp³-hybridized carbons (Fsp3) is 0.185. The highest BCUT2D eigenvalue weighted by atomic mass is 16.6. The van der Waals surface area contributed by atoms with Crippen molar-refractivity contribution in [3.05, 3.63) is 82.6 Å². The van der Waals surface area contributed by atoms with E-state index >= 15 is 0 Å². The van der Waals surface area contributed by atoms with Gasteiger partial charge in [0.2, 0.25) is 5.78 Å². The molecular weight excluding hydrogens is 436 g/mol. The van der Waals surface area contributed by atoms with E-state index in [9.17, 15) is 9.59 Å². The van der Waals surface area contributed by atoms with Crippen LogP contribution in [0.25, 0.3) is 6.08 Å². The summed E-state index contributed by atoms with van der Waals surface area (Å²) < 4.78 is 28.2. The second-order valence-electron chi connectivity index (χ2n) is 8.20. The van der Waals surface area contributed by atoms with Crippen molar-refractivity contribution in [3.63, 3.8) is 0 Å². The number of hydrogen-bond donors (Lipinski definition) is 0. The molecule has 3 aliphatic heterocycles. The number of allylic oxidation sites excluding steroid dienone is 1. The van der Waals surface area contributed by atoms with E-state index in [1.54, 1.807) is 25.3 Å². The molecule has 0 fully saturated rings. The molecule has 34 heavy (non-hydrogen) atoms. The van der Waals surface area contributed by atoms with Gasteiger partial charge in [0.1, 0.15) is 30.5 Å². The molecule has 0 radical (unpaired) electrons. The summed E-state index contributed by atoms with van der Waals surface area (Å²) in [4.78, 5) is 25.6. The molecule has 3 heterocycles. The molecule has 1 unspecified atom stereocenters. The van der Waals surface area contributed by atoms with Gasteiger partial charge in [0.15, 0.2) is 17.3 Å². The first-order valence-corrected chi connectivity index (χ1v) is 11.0. The molecule has 0 aromatic heterocycles. The third kappa shape index (κ3) is 3.37. The van der Waals surface area contributed by atoms with Gasteiger partial charge in [0.25, 0.3) is 0 Å². The Morgan fingerprint density at radius 3 is 2.44 bits per heavy atom. The Morgan fingerprint density at radius 1 is 0.882 bits per heavy atom. The van der Waals surface area contributed by atoms with Gasteiger partial charge in [-0.25, -0.2) is 0 Å². The molecule has 0 amide bonds. The van der Waals surface area contributed by atoms with Gasteiger partial charge in [-0.1, -0.05) is 18.2 Å². The van der Waals surface area contributed by atoms with Crippen molar-refractivity contribution >= 4 is 17.8 Å². The molecule has 3 aromatic carbocycles. The molecule has 170 valence electrons. The Morgan fingerprint density at radius 2 is 1.65 bits per heavy atom. The first kappa shape index (κ1) is 20.4. The first-order chi connectivity index (χ1) is 16.6. The molecule has 6 rings (SSSR count). The van der Waals surface area contributed by atoms with Gasteiger partial charge in [-0.2, -0.15) is 0 Å². The Bertz CT molecular complexity index is 1350. The van der Waals surface area contributed by atoms with Crippen molar-refractivity contribution in [1.29, 1.82) is 0 Å². The molecule has 0 N–H and O–H groups in total.